The number of alkyl halides is 3. The van der Waals surface area contributed by atoms with Crippen LogP contribution in [-0.2, 0) is 21.5 Å². The van der Waals surface area contributed by atoms with Gasteiger partial charge in [0, 0.05) is 21.2 Å². The van der Waals surface area contributed by atoms with Gasteiger partial charge in [0.1, 0.15) is 6.61 Å². The minimum Gasteiger partial charge on any atom is -0.391 e. The number of hydrogen-bond acceptors (Lipinski definition) is 4. The molecule has 0 aliphatic heterocycles. The first kappa shape index (κ1) is 24.3. The van der Waals surface area contributed by atoms with Crippen LogP contribution in [0.5, 0.6) is 0 Å². The third-order valence-corrected chi connectivity index (χ3v) is 5.63. The van der Waals surface area contributed by atoms with Gasteiger partial charge in [-0.1, -0.05) is 59.9 Å². The van der Waals surface area contributed by atoms with Crippen LogP contribution in [0.25, 0.3) is 0 Å². The monoisotopic (exact) mass is 482 g/mol. The summed E-state index contributed by atoms with van der Waals surface area (Å²) in [4.78, 5) is 5.37. The minimum atomic E-state index is -5.59. The van der Waals surface area contributed by atoms with Crippen LogP contribution in [0.2, 0.25) is 10.0 Å². The summed E-state index contributed by atoms with van der Waals surface area (Å²) in [6, 6.07) is 9.10. The molecule has 0 fully saturated rings. The Morgan fingerprint density at radius 3 is 2.40 bits per heavy atom. The van der Waals surface area contributed by atoms with E-state index in [1.54, 1.807) is 43.7 Å². The van der Waals surface area contributed by atoms with Gasteiger partial charge in [0.25, 0.3) is 0 Å². The minimum absolute atomic E-state index is 0.0123. The van der Waals surface area contributed by atoms with Crippen LogP contribution >= 0.6 is 23.2 Å². The Kier molecular flexibility index (Phi) is 7.65. The number of anilines is 1. The molecule has 0 aromatic heterocycles. The zero-order chi connectivity index (χ0) is 22.7. The van der Waals surface area contributed by atoms with Gasteiger partial charge in [0.05, 0.1) is 11.4 Å². The van der Waals surface area contributed by atoms with Gasteiger partial charge in [-0.25, -0.2) is 0 Å². The van der Waals surface area contributed by atoms with E-state index in [0.29, 0.717) is 21.2 Å². The van der Waals surface area contributed by atoms with Crippen molar-refractivity contribution in [2.45, 2.75) is 32.9 Å². The Bertz CT molecular complexity index is 1060. The zero-order valence-corrected chi connectivity index (χ0v) is 18.5. The van der Waals surface area contributed by atoms with E-state index in [9.17, 15) is 21.6 Å². The van der Waals surface area contributed by atoms with E-state index < -0.39 is 15.5 Å². The third-order valence-electron chi connectivity index (χ3n) is 3.94. The molecule has 30 heavy (non-hydrogen) atoms. The molecule has 0 spiro atoms. The van der Waals surface area contributed by atoms with E-state index in [1.165, 1.54) is 18.2 Å². The van der Waals surface area contributed by atoms with Crippen LogP contribution in [0, 0.1) is 12.8 Å². The predicted molar refractivity (Wildman–Crippen MR) is 112 cm³/mol. The van der Waals surface area contributed by atoms with Crippen molar-refractivity contribution in [2.24, 2.45) is 11.1 Å². The van der Waals surface area contributed by atoms with Crippen LogP contribution in [0.3, 0.4) is 0 Å². The van der Waals surface area contributed by atoms with Gasteiger partial charge in [-0.3, -0.25) is 4.72 Å². The van der Waals surface area contributed by atoms with E-state index in [0.717, 1.165) is 0 Å². The molecule has 11 heteroatoms. The number of hydrogen-bond donors (Lipinski definition) is 1. The molecular formula is C19H19Cl2F3N2O3S. The number of benzene rings is 2. The van der Waals surface area contributed by atoms with Crippen molar-refractivity contribution in [1.29, 1.82) is 0 Å². The zero-order valence-electron chi connectivity index (χ0n) is 16.2. The fraction of sp³-hybridized carbons (Fsp3) is 0.316. The highest BCUT2D eigenvalue weighted by molar-refractivity contribution is 7.93. The van der Waals surface area contributed by atoms with Crippen molar-refractivity contribution in [3.63, 3.8) is 0 Å². The maximum absolute atomic E-state index is 12.8. The first-order chi connectivity index (χ1) is 13.8. The fourth-order valence-electron chi connectivity index (χ4n) is 2.44. The summed E-state index contributed by atoms with van der Waals surface area (Å²) in [6.07, 6.45) is 0. The largest absolute Gasteiger partial charge is 0.516 e. The Morgan fingerprint density at radius 1 is 1.17 bits per heavy atom. The molecule has 0 aliphatic carbocycles. The van der Waals surface area contributed by atoms with Crippen LogP contribution in [0.4, 0.5) is 18.9 Å². The average Bonchev–Trinajstić information content (AvgIpc) is 2.60. The second-order valence-electron chi connectivity index (χ2n) is 6.74. The number of oxime groups is 1. The number of halogens is 5. The average molecular weight is 483 g/mol. The molecule has 164 valence electrons. The third kappa shape index (κ3) is 6.02. The number of nitrogens with zero attached hydrogens (tertiary/aromatic N) is 1. The van der Waals surface area contributed by atoms with E-state index in [2.05, 4.69) is 5.16 Å². The molecule has 0 amide bonds. The molecule has 2 aromatic carbocycles. The summed E-state index contributed by atoms with van der Waals surface area (Å²) in [5.74, 6) is -0.290. The molecule has 0 saturated heterocycles. The molecular weight excluding hydrogens is 464 g/mol. The van der Waals surface area contributed by atoms with Gasteiger partial charge in [-0.05, 0) is 37.1 Å². The first-order valence-corrected chi connectivity index (χ1v) is 10.9. The van der Waals surface area contributed by atoms with Gasteiger partial charge >= 0.3 is 15.5 Å². The normalized spacial score (nSPS) is 12.9. The van der Waals surface area contributed by atoms with Crippen LogP contribution in [0.1, 0.15) is 30.5 Å². The van der Waals surface area contributed by atoms with E-state index in [4.69, 9.17) is 28.0 Å². The number of aryl methyl sites for hydroxylation is 1. The molecule has 2 rings (SSSR count). The van der Waals surface area contributed by atoms with Crippen LogP contribution in [0.15, 0.2) is 41.6 Å². The lowest BCUT2D eigenvalue weighted by Crippen LogP contribution is -2.30. The molecule has 0 heterocycles. The summed E-state index contributed by atoms with van der Waals surface area (Å²) >= 11 is 11.9. The summed E-state index contributed by atoms with van der Waals surface area (Å²) in [5.41, 5.74) is -3.95. The lowest BCUT2D eigenvalue weighted by Gasteiger charge is -2.18. The van der Waals surface area contributed by atoms with Gasteiger partial charge in [-0.2, -0.15) is 21.6 Å². The second kappa shape index (κ2) is 9.45. The summed E-state index contributed by atoms with van der Waals surface area (Å²) < 4.78 is 63.2. The highest BCUT2D eigenvalue weighted by atomic mass is 35.5. The van der Waals surface area contributed by atoms with E-state index in [-0.39, 0.29) is 29.5 Å². The summed E-state index contributed by atoms with van der Waals surface area (Å²) in [6.45, 7) is 5.21. The Morgan fingerprint density at radius 2 is 1.83 bits per heavy atom. The second-order valence-corrected chi connectivity index (χ2v) is 9.26. The Hall–Kier alpha value is -1.97. The lowest BCUT2D eigenvalue weighted by molar-refractivity contribution is -0.0429. The van der Waals surface area contributed by atoms with E-state index >= 15 is 0 Å². The van der Waals surface area contributed by atoms with Crippen molar-refractivity contribution in [3.05, 3.63) is 63.1 Å². The van der Waals surface area contributed by atoms with Gasteiger partial charge in [0.2, 0.25) is 0 Å². The molecule has 1 N–H and O–H groups in total. The predicted octanol–water partition coefficient (Wildman–Crippen LogP) is 6.14. The van der Waals surface area contributed by atoms with Crippen LogP contribution < -0.4 is 4.72 Å². The molecule has 0 atom stereocenters. The van der Waals surface area contributed by atoms with Crippen molar-refractivity contribution >= 4 is 44.6 Å². The van der Waals surface area contributed by atoms with Gasteiger partial charge < -0.3 is 4.84 Å². The Balaban J connectivity index is 2.39. The number of nitrogens with one attached hydrogen (secondary N) is 1. The van der Waals surface area contributed by atoms with Crippen molar-refractivity contribution in [2.75, 3.05) is 4.72 Å². The standard InChI is InChI=1S/C19H19Cl2F3N2O3S/c1-11(2)18(25-29-10-13-5-6-14(20)9-16(13)21)15-8-12(3)4-7-17(15)26-30(27,28)19(22,23)24/h4-9,11,26H,10H2,1-3H3/b25-18+. The topological polar surface area (TPSA) is 67.8 Å². The maximum Gasteiger partial charge on any atom is 0.516 e. The van der Waals surface area contributed by atoms with Crippen LogP contribution in [-0.4, -0.2) is 19.6 Å². The molecule has 0 radical (unpaired) electrons. The molecule has 2 aromatic rings. The van der Waals surface area contributed by atoms with Crippen molar-refractivity contribution < 1.29 is 26.4 Å². The fourth-order valence-corrected chi connectivity index (χ4v) is 3.48. The van der Waals surface area contributed by atoms with Gasteiger partial charge in [0.15, 0.2) is 0 Å². The highest BCUT2D eigenvalue weighted by Gasteiger charge is 2.46. The quantitative estimate of drug-likeness (QED) is 0.380. The summed E-state index contributed by atoms with van der Waals surface area (Å²) in [5, 5.41) is 4.88. The van der Waals surface area contributed by atoms with Gasteiger partial charge in [-0.15, -0.1) is 0 Å². The number of rotatable bonds is 7. The maximum atomic E-state index is 12.8. The molecule has 0 unspecified atom stereocenters. The highest BCUT2D eigenvalue weighted by Crippen LogP contribution is 2.29. The van der Waals surface area contributed by atoms with E-state index in [1.807, 2.05) is 0 Å². The molecule has 0 bridgehead atoms. The lowest BCUT2D eigenvalue weighted by atomic mass is 9.97. The van der Waals surface area contributed by atoms with Crippen molar-refractivity contribution in [3.8, 4) is 0 Å². The molecule has 5 nitrogen and oxygen atoms in total. The molecule has 0 aliphatic rings. The smallest absolute Gasteiger partial charge is 0.391 e. The molecule has 0 saturated carbocycles. The first-order valence-electron chi connectivity index (χ1n) is 8.65. The number of sulfonamides is 1. The SMILES string of the molecule is Cc1ccc(NS(=O)(=O)C(F)(F)F)c(/C(=N/OCc2ccc(Cl)cc2Cl)C(C)C)c1. The Labute approximate surface area is 182 Å². The summed E-state index contributed by atoms with van der Waals surface area (Å²) in [7, 11) is -5.59. The van der Waals surface area contributed by atoms with Crippen molar-refractivity contribution in [1.82, 2.24) is 0 Å².